The molecule has 0 spiro atoms. The molecule has 2 aromatic carbocycles. The molecule has 0 aliphatic rings. The average Bonchev–Trinajstić information content (AvgIpc) is 2.46. The van der Waals surface area contributed by atoms with Crippen LogP contribution < -0.4 is 4.74 Å². The molecule has 0 heterocycles. The van der Waals surface area contributed by atoms with Crippen molar-refractivity contribution >= 4 is 0 Å². The van der Waals surface area contributed by atoms with E-state index in [0.29, 0.717) is 18.3 Å². The van der Waals surface area contributed by atoms with Gasteiger partial charge in [-0.25, -0.2) is 0 Å². The molecule has 0 aliphatic carbocycles. The van der Waals surface area contributed by atoms with Crippen LogP contribution in [0.5, 0.6) is 11.5 Å². The summed E-state index contributed by atoms with van der Waals surface area (Å²) in [5.74, 6) is 1.62. The molecular formula is C18H24O3. The Balaban J connectivity index is 0.000000211. The van der Waals surface area contributed by atoms with Crippen molar-refractivity contribution in [1.29, 1.82) is 0 Å². The maximum absolute atomic E-state index is 9.46. The molecule has 2 aromatic rings. The minimum Gasteiger partial charge on any atom is -0.508 e. The summed E-state index contributed by atoms with van der Waals surface area (Å²) in [6.07, 6.45) is 0. The summed E-state index contributed by atoms with van der Waals surface area (Å²) in [7, 11) is 0. The lowest BCUT2D eigenvalue weighted by atomic mass is 10.0. The molecule has 3 heteroatoms. The number of aryl methyl sites for hydroxylation is 1. The first-order valence-electron chi connectivity index (χ1n) is 7.12. The van der Waals surface area contributed by atoms with E-state index >= 15 is 0 Å². The Morgan fingerprint density at radius 3 is 2.24 bits per heavy atom. The maximum atomic E-state index is 9.46. The summed E-state index contributed by atoms with van der Waals surface area (Å²) in [5, 5.41) is 17.9. The van der Waals surface area contributed by atoms with Crippen LogP contribution in [0.25, 0.3) is 0 Å². The highest BCUT2D eigenvalue weighted by Gasteiger charge is 2.03. The molecule has 0 saturated heterocycles. The molecule has 2 rings (SSSR count). The van der Waals surface area contributed by atoms with Crippen molar-refractivity contribution in [2.24, 2.45) is 0 Å². The molecule has 2 N–H and O–H groups in total. The molecule has 0 aromatic heterocycles. The summed E-state index contributed by atoms with van der Waals surface area (Å²) in [6, 6.07) is 15.2. The fourth-order valence-electron chi connectivity index (χ4n) is 1.82. The molecule has 0 atom stereocenters. The van der Waals surface area contributed by atoms with Gasteiger partial charge in [-0.15, -0.1) is 0 Å². The predicted molar refractivity (Wildman–Crippen MR) is 86.0 cm³/mol. The van der Waals surface area contributed by atoms with Gasteiger partial charge in [0.2, 0.25) is 0 Å². The minimum absolute atomic E-state index is 0.0644. The van der Waals surface area contributed by atoms with E-state index in [1.807, 2.05) is 49.4 Å². The third kappa shape index (κ3) is 6.32. The van der Waals surface area contributed by atoms with Gasteiger partial charge in [-0.2, -0.15) is 0 Å². The Hall–Kier alpha value is -2.00. The fraction of sp³-hybridized carbons (Fsp3) is 0.333. The highest BCUT2D eigenvalue weighted by molar-refractivity contribution is 5.37. The first-order chi connectivity index (χ1) is 10.0. The van der Waals surface area contributed by atoms with E-state index in [1.54, 1.807) is 6.07 Å². The Morgan fingerprint density at radius 1 is 1.05 bits per heavy atom. The van der Waals surface area contributed by atoms with Crippen LogP contribution in [0.15, 0.2) is 48.5 Å². The van der Waals surface area contributed by atoms with Gasteiger partial charge in [-0.1, -0.05) is 44.2 Å². The van der Waals surface area contributed by atoms with Crippen LogP contribution in [0.3, 0.4) is 0 Å². The molecule has 0 radical (unpaired) electrons. The van der Waals surface area contributed by atoms with Gasteiger partial charge in [0.25, 0.3) is 0 Å². The van der Waals surface area contributed by atoms with Crippen LogP contribution in [-0.2, 0) is 0 Å². The van der Waals surface area contributed by atoms with Gasteiger partial charge in [0.15, 0.2) is 0 Å². The number of aliphatic hydroxyl groups is 1. The minimum atomic E-state index is 0.0644. The largest absolute Gasteiger partial charge is 0.508 e. The highest BCUT2D eigenvalue weighted by atomic mass is 16.5. The van der Waals surface area contributed by atoms with E-state index in [0.717, 1.165) is 16.9 Å². The average molecular weight is 288 g/mol. The molecule has 0 bridgehead atoms. The number of hydrogen-bond donors (Lipinski definition) is 2. The summed E-state index contributed by atoms with van der Waals surface area (Å²) in [5.41, 5.74) is 2.13. The number of phenolic OH excluding ortho intramolecular Hbond substituents is 1. The standard InChI is InChI=1S/C10H14O.C8H10O2/c1-7(2)9-5-4-8(3)6-10(9)11;9-6-7-10-8-4-2-1-3-5-8/h4-7,11H,1-3H3;1-5,9H,6-7H2. The number of benzene rings is 2. The summed E-state index contributed by atoms with van der Waals surface area (Å²) in [6.45, 7) is 6.55. The van der Waals surface area contributed by atoms with Gasteiger partial charge in [0.05, 0.1) is 6.61 Å². The molecule has 21 heavy (non-hydrogen) atoms. The number of aliphatic hydroxyl groups excluding tert-OH is 1. The van der Waals surface area contributed by atoms with Gasteiger partial charge in [-0.05, 0) is 42.2 Å². The summed E-state index contributed by atoms with van der Waals surface area (Å²) < 4.78 is 5.11. The molecule has 0 fully saturated rings. The zero-order valence-electron chi connectivity index (χ0n) is 12.9. The third-order valence-electron chi connectivity index (χ3n) is 2.91. The second kappa shape index (κ2) is 9.03. The number of hydrogen-bond acceptors (Lipinski definition) is 3. The first kappa shape index (κ1) is 17.1. The SMILES string of the molecule is Cc1ccc(C(C)C)c(O)c1.OCCOc1ccccc1. The van der Waals surface area contributed by atoms with Crippen molar-refractivity contribution < 1.29 is 14.9 Å². The molecule has 0 unspecified atom stereocenters. The van der Waals surface area contributed by atoms with Gasteiger partial charge in [0.1, 0.15) is 18.1 Å². The second-order valence-corrected chi connectivity index (χ2v) is 5.10. The topological polar surface area (TPSA) is 49.7 Å². The van der Waals surface area contributed by atoms with E-state index in [9.17, 15) is 5.11 Å². The normalized spacial score (nSPS) is 9.95. The van der Waals surface area contributed by atoms with Crippen molar-refractivity contribution in [3.8, 4) is 11.5 Å². The first-order valence-corrected chi connectivity index (χ1v) is 7.12. The molecule has 0 aliphatic heterocycles. The van der Waals surface area contributed by atoms with Crippen LogP contribution in [0.2, 0.25) is 0 Å². The van der Waals surface area contributed by atoms with E-state index in [2.05, 4.69) is 13.8 Å². The number of para-hydroxylation sites is 1. The van der Waals surface area contributed by atoms with E-state index < -0.39 is 0 Å². The maximum Gasteiger partial charge on any atom is 0.119 e. The molecule has 0 saturated carbocycles. The Labute approximate surface area is 126 Å². The Morgan fingerprint density at radius 2 is 1.71 bits per heavy atom. The van der Waals surface area contributed by atoms with Gasteiger partial charge in [-0.3, -0.25) is 0 Å². The van der Waals surface area contributed by atoms with E-state index in [1.165, 1.54) is 0 Å². The molecule has 0 amide bonds. The summed E-state index contributed by atoms with van der Waals surface area (Å²) >= 11 is 0. The number of aromatic hydroxyl groups is 1. The van der Waals surface area contributed by atoms with Crippen molar-refractivity contribution in [1.82, 2.24) is 0 Å². The number of rotatable bonds is 4. The lowest BCUT2D eigenvalue weighted by molar-refractivity contribution is 0.201. The van der Waals surface area contributed by atoms with Crippen LogP contribution >= 0.6 is 0 Å². The molecule has 114 valence electrons. The number of ether oxygens (including phenoxy) is 1. The monoisotopic (exact) mass is 288 g/mol. The highest BCUT2D eigenvalue weighted by Crippen LogP contribution is 2.25. The molecular weight excluding hydrogens is 264 g/mol. The summed E-state index contributed by atoms with van der Waals surface area (Å²) in [4.78, 5) is 0. The predicted octanol–water partition coefficient (Wildman–Crippen LogP) is 3.88. The quantitative estimate of drug-likeness (QED) is 0.897. The second-order valence-electron chi connectivity index (χ2n) is 5.10. The molecule has 3 nitrogen and oxygen atoms in total. The lowest BCUT2D eigenvalue weighted by Gasteiger charge is -2.07. The van der Waals surface area contributed by atoms with Crippen LogP contribution in [0.1, 0.15) is 30.9 Å². The number of phenols is 1. The van der Waals surface area contributed by atoms with Crippen LogP contribution in [0, 0.1) is 6.92 Å². The van der Waals surface area contributed by atoms with Crippen LogP contribution in [-0.4, -0.2) is 23.4 Å². The third-order valence-corrected chi connectivity index (χ3v) is 2.91. The van der Waals surface area contributed by atoms with Gasteiger partial charge in [0, 0.05) is 0 Å². The van der Waals surface area contributed by atoms with Crippen molar-refractivity contribution in [2.75, 3.05) is 13.2 Å². The van der Waals surface area contributed by atoms with E-state index in [-0.39, 0.29) is 6.61 Å². The lowest BCUT2D eigenvalue weighted by Crippen LogP contribution is -2.00. The Kier molecular flexibility index (Phi) is 7.33. The zero-order valence-corrected chi connectivity index (χ0v) is 12.9. The fourth-order valence-corrected chi connectivity index (χ4v) is 1.82. The smallest absolute Gasteiger partial charge is 0.119 e. The van der Waals surface area contributed by atoms with E-state index in [4.69, 9.17) is 9.84 Å². The Bertz CT molecular complexity index is 521. The van der Waals surface area contributed by atoms with Crippen molar-refractivity contribution in [3.05, 3.63) is 59.7 Å². The van der Waals surface area contributed by atoms with Crippen molar-refractivity contribution in [2.45, 2.75) is 26.7 Å². The zero-order chi connectivity index (χ0) is 15.7. The van der Waals surface area contributed by atoms with Crippen molar-refractivity contribution in [3.63, 3.8) is 0 Å². The van der Waals surface area contributed by atoms with Gasteiger partial charge < -0.3 is 14.9 Å². The van der Waals surface area contributed by atoms with Crippen LogP contribution in [0.4, 0.5) is 0 Å². The van der Waals surface area contributed by atoms with Gasteiger partial charge >= 0.3 is 0 Å².